The number of carbonyl (C=O) groups is 1. The molecule has 26 heavy (non-hydrogen) atoms. The molecule has 0 aliphatic carbocycles. The first-order valence-electron chi connectivity index (χ1n) is 8.60. The fraction of sp³-hybridized carbons (Fsp3) is 0.250. The summed E-state index contributed by atoms with van der Waals surface area (Å²) in [6.45, 7) is 0.693. The van der Waals surface area contributed by atoms with Gasteiger partial charge in [-0.1, -0.05) is 23.4 Å². The number of ether oxygens (including phenoxy) is 1. The van der Waals surface area contributed by atoms with Crippen LogP contribution < -0.4 is 4.74 Å². The van der Waals surface area contributed by atoms with Crippen molar-refractivity contribution in [3.63, 3.8) is 0 Å². The van der Waals surface area contributed by atoms with Crippen LogP contribution in [0.25, 0.3) is 11.4 Å². The fourth-order valence-corrected chi connectivity index (χ4v) is 3.24. The topological polar surface area (TPSA) is 68.5 Å². The Kier molecular flexibility index (Phi) is 4.39. The lowest BCUT2D eigenvalue weighted by Crippen LogP contribution is -2.30. The molecule has 6 heteroatoms. The van der Waals surface area contributed by atoms with Crippen LogP contribution in [0.4, 0.5) is 0 Å². The molecule has 2 aromatic carbocycles. The number of amides is 1. The summed E-state index contributed by atoms with van der Waals surface area (Å²) < 4.78 is 10.7. The molecule has 0 spiro atoms. The predicted molar refractivity (Wildman–Crippen MR) is 95.7 cm³/mol. The van der Waals surface area contributed by atoms with Gasteiger partial charge in [-0.25, -0.2) is 0 Å². The lowest BCUT2D eigenvalue weighted by Gasteiger charge is -2.21. The molecule has 1 aliphatic rings. The molecule has 1 atom stereocenters. The maximum absolute atomic E-state index is 12.8. The Morgan fingerprint density at radius 1 is 1.15 bits per heavy atom. The maximum Gasteiger partial charge on any atom is 0.254 e. The minimum Gasteiger partial charge on any atom is -0.497 e. The zero-order valence-corrected chi connectivity index (χ0v) is 14.5. The van der Waals surface area contributed by atoms with Gasteiger partial charge in [-0.05, 0) is 49.2 Å². The van der Waals surface area contributed by atoms with E-state index in [1.807, 2.05) is 59.5 Å². The maximum atomic E-state index is 12.8. The predicted octanol–water partition coefficient (Wildman–Crippen LogP) is 3.72. The number of methoxy groups -OCH3 is 1. The van der Waals surface area contributed by atoms with Gasteiger partial charge >= 0.3 is 0 Å². The second-order valence-corrected chi connectivity index (χ2v) is 6.21. The number of hydrogen-bond acceptors (Lipinski definition) is 5. The third-order valence-electron chi connectivity index (χ3n) is 4.61. The molecule has 1 aliphatic heterocycles. The fourth-order valence-electron chi connectivity index (χ4n) is 3.24. The largest absolute Gasteiger partial charge is 0.497 e. The highest BCUT2D eigenvalue weighted by Gasteiger charge is 2.34. The molecular formula is C20H19N3O3. The Labute approximate surface area is 151 Å². The van der Waals surface area contributed by atoms with Gasteiger partial charge in [-0.2, -0.15) is 4.98 Å². The number of carbonyl (C=O) groups excluding carboxylic acids is 1. The number of aromatic nitrogens is 2. The molecule has 3 aromatic rings. The Balaban J connectivity index is 1.57. The first kappa shape index (κ1) is 16.3. The lowest BCUT2D eigenvalue weighted by atomic mass is 10.1. The molecule has 1 amide bonds. The van der Waals surface area contributed by atoms with E-state index in [9.17, 15) is 4.79 Å². The third kappa shape index (κ3) is 3.06. The summed E-state index contributed by atoms with van der Waals surface area (Å²) in [6, 6.07) is 16.6. The molecule has 132 valence electrons. The summed E-state index contributed by atoms with van der Waals surface area (Å²) in [6.07, 6.45) is 1.74. The number of benzene rings is 2. The van der Waals surface area contributed by atoms with Crippen LogP contribution in [-0.2, 0) is 0 Å². The van der Waals surface area contributed by atoms with E-state index in [1.54, 1.807) is 7.11 Å². The molecule has 1 saturated heterocycles. The van der Waals surface area contributed by atoms with Crippen molar-refractivity contribution in [2.24, 2.45) is 0 Å². The molecule has 0 bridgehead atoms. The molecule has 0 N–H and O–H groups in total. The van der Waals surface area contributed by atoms with Crippen LogP contribution in [0.3, 0.4) is 0 Å². The van der Waals surface area contributed by atoms with E-state index in [0.717, 1.165) is 24.2 Å². The Morgan fingerprint density at radius 3 is 2.65 bits per heavy atom. The smallest absolute Gasteiger partial charge is 0.254 e. The molecule has 0 unspecified atom stereocenters. The lowest BCUT2D eigenvalue weighted by molar-refractivity contribution is 0.0710. The molecule has 2 heterocycles. The number of likely N-dealkylation sites (tertiary alicyclic amines) is 1. The van der Waals surface area contributed by atoms with Gasteiger partial charge < -0.3 is 14.2 Å². The van der Waals surface area contributed by atoms with Gasteiger partial charge in [-0.15, -0.1) is 0 Å². The van der Waals surface area contributed by atoms with Crippen molar-refractivity contribution in [3.8, 4) is 17.1 Å². The van der Waals surface area contributed by atoms with Gasteiger partial charge in [0.05, 0.1) is 7.11 Å². The summed E-state index contributed by atoms with van der Waals surface area (Å²) >= 11 is 0. The normalized spacial score (nSPS) is 16.7. The molecule has 0 saturated carbocycles. The minimum absolute atomic E-state index is 0.00250. The zero-order valence-electron chi connectivity index (χ0n) is 14.5. The average molecular weight is 349 g/mol. The Morgan fingerprint density at radius 2 is 1.92 bits per heavy atom. The Hall–Kier alpha value is -3.15. The van der Waals surface area contributed by atoms with Crippen LogP contribution >= 0.6 is 0 Å². The zero-order chi connectivity index (χ0) is 17.9. The van der Waals surface area contributed by atoms with Gasteiger partial charge in [0.1, 0.15) is 11.8 Å². The average Bonchev–Trinajstić information content (AvgIpc) is 3.37. The second kappa shape index (κ2) is 7.00. The van der Waals surface area contributed by atoms with Gasteiger partial charge in [0.25, 0.3) is 5.91 Å². The standard InChI is InChI=1S/C20H19N3O3/c1-25-16-11-9-14(10-12-16)18-21-19(26-22-18)17-8-5-13-23(17)20(24)15-6-3-2-4-7-15/h2-4,6-7,9-12,17H,5,8,13H2,1H3/t17-/m0/s1. The van der Waals surface area contributed by atoms with Crippen LogP contribution in [0.1, 0.15) is 35.1 Å². The minimum atomic E-state index is -0.179. The van der Waals surface area contributed by atoms with Crippen molar-refractivity contribution in [1.82, 2.24) is 15.0 Å². The van der Waals surface area contributed by atoms with E-state index in [0.29, 0.717) is 23.8 Å². The van der Waals surface area contributed by atoms with Crippen molar-refractivity contribution in [2.75, 3.05) is 13.7 Å². The molecule has 1 fully saturated rings. The highest BCUT2D eigenvalue weighted by Crippen LogP contribution is 2.33. The van der Waals surface area contributed by atoms with Gasteiger partial charge in [0.15, 0.2) is 0 Å². The Bertz CT molecular complexity index is 890. The number of hydrogen-bond donors (Lipinski definition) is 0. The van der Waals surface area contributed by atoms with Gasteiger partial charge in [0, 0.05) is 17.7 Å². The molecular weight excluding hydrogens is 330 g/mol. The molecule has 6 nitrogen and oxygen atoms in total. The van der Waals surface area contributed by atoms with Gasteiger partial charge in [0.2, 0.25) is 11.7 Å². The SMILES string of the molecule is COc1ccc(-c2noc([C@@H]3CCCN3C(=O)c3ccccc3)n2)cc1. The van der Waals surface area contributed by atoms with Crippen molar-refractivity contribution in [3.05, 3.63) is 66.1 Å². The van der Waals surface area contributed by atoms with E-state index in [-0.39, 0.29) is 11.9 Å². The van der Waals surface area contributed by atoms with E-state index < -0.39 is 0 Å². The van der Waals surface area contributed by atoms with Crippen LogP contribution in [0.15, 0.2) is 59.1 Å². The van der Waals surface area contributed by atoms with E-state index >= 15 is 0 Å². The summed E-state index contributed by atoms with van der Waals surface area (Å²) in [4.78, 5) is 19.2. The third-order valence-corrected chi connectivity index (χ3v) is 4.61. The van der Waals surface area contributed by atoms with Gasteiger partial charge in [-0.3, -0.25) is 4.79 Å². The van der Waals surface area contributed by atoms with Crippen molar-refractivity contribution >= 4 is 5.91 Å². The monoisotopic (exact) mass is 349 g/mol. The first-order valence-corrected chi connectivity index (χ1v) is 8.60. The summed E-state index contributed by atoms with van der Waals surface area (Å²) in [5, 5.41) is 4.09. The van der Waals surface area contributed by atoms with Crippen LogP contribution in [0.2, 0.25) is 0 Å². The van der Waals surface area contributed by atoms with Crippen molar-refractivity contribution < 1.29 is 14.1 Å². The summed E-state index contributed by atoms with van der Waals surface area (Å²) in [7, 11) is 1.62. The molecule has 0 radical (unpaired) electrons. The summed E-state index contributed by atoms with van der Waals surface area (Å²) in [5.74, 6) is 1.77. The van der Waals surface area contributed by atoms with Crippen LogP contribution in [0, 0.1) is 0 Å². The van der Waals surface area contributed by atoms with Crippen molar-refractivity contribution in [2.45, 2.75) is 18.9 Å². The summed E-state index contributed by atoms with van der Waals surface area (Å²) in [5.41, 5.74) is 1.52. The number of rotatable bonds is 4. The highest BCUT2D eigenvalue weighted by molar-refractivity contribution is 5.94. The molecule has 4 rings (SSSR count). The van der Waals surface area contributed by atoms with E-state index in [2.05, 4.69) is 10.1 Å². The second-order valence-electron chi connectivity index (χ2n) is 6.21. The highest BCUT2D eigenvalue weighted by atomic mass is 16.5. The van der Waals surface area contributed by atoms with E-state index in [4.69, 9.17) is 9.26 Å². The van der Waals surface area contributed by atoms with Crippen molar-refractivity contribution in [1.29, 1.82) is 0 Å². The number of nitrogens with zero attached hydrogens (tertiary/aromatic N) is 3. The van der Waals surface area contributed by atoms with Crippen LogP contribution in [0.5, 0.6) is 5.75 Å². The quantitative estimate of drug-likeness (QED) is 0.718. The van der Waals surface area contributed by atoms with E-state index in [1.165, 1.54) is 0 Å². The van der Waals surface area contributed by atoms with Crippen LogP contribution in [-0.4, -0.2) is 34.6 Å². The first-order chi connectivity index (χ1) is 12.8. The molecule has 1 aromatic heterocycles.